The molecule has 2 unspecified atom stereocenters. The normalized spacial score (nSPS) is 19.6. The zero-order chi connectivity index (χ0) is 27.7. The third-order valence-corrected chi connectivity index (χ3v) is 6.81. The van der Waals surface area contributed by atoms with Crippen LogP contribution in [0.15, 0.2) is 36.5 Å². The number of alkyl halides is 3. The molecule has 1 amide bonds. The second-order valence-electron chi connectivity index (χ2n) is 9.70. The molecule has 7 nitrogen and oxygen atoms in total. The predicted molar refractivity (Wildman–Crippen MR) is 142 cm³/mol. The first-order valence-electron chi connectivity index (χ1n) is 13.2. The Labute approximate surface area is 223 Å². The van der Waals surface area contributed by atoms with Crippen molar-refractivity contribution in [1.29, 1.82) is 0 Å². The Kier molecular flexibility index (Phi) is 10.6. The monoisotopic (exact) mass is 536 g/mol. The van der Waals surface area contributed by atoms with Crippen LogP contribution in [0.5, 0.6) is 11.5 Å². The molecule has 1 aliphatic heterocycles. The lowest BCUT2D eigenvalue weighted by molar-refractivity contribution is -0.137. The van der Waals surface area contributed by atoms with E-state index in [0.717, 1.165) is 37.0 Å². The lowest BCUT2D eigenvalue weighted by Gasteiger charge is -2.36. The first-order chi connectivity index (χ1) is 18.2. The number of nitrogens with zero attached hydrogens (tertiary/aromatic N) is 3. The van der Waals surface area contributed by atoms with Gasteiger partial charge >= 0.3 is 6.18 Å². The molecule has 0 spiro atoms. The van der Waals surface area contributed by atoms with E-state index in [4.69, 9.17) is 9.47 Å². The molecule has 1 aromatic carbocycles. The van der Waals surface area contributed by atoms with Gasteiger partial charge in [-0.05, 0) is 49.1 Å². The van der Waals surface area contributed by atoms with Gasteiger partial charge in [-0.1, -0.05) is 26.3 Å². The van der Waals surface area contributed by atoms with E-state index >= 15 is 0 Å². The Bertz CT molecular complexity index is 1040. The van der Waals surface area contributed by atoms with Crippen LogP contribution in [0.2, 0.25) is 0 Å². The molecule has 2 aliphatic rings. The number of hydrogen-bond acceptors (Lipinski definition) is 6. The Morgan fingerprint density at radius 1 is 1.03 bits per heavy atom. The van der Waals surface area contributed by atoms with Gasteiger partial charge in [-0.25, -0.2) is 4.98 Å². The average Bonchev–Trinajstić information content (AvgIpc) is 3.40. The van der Waals surface area contributed by atoms with Crippen molar-refractivity contribution in [3.63, 3.8) is 0 Å². The van der Waals surface area contributed by atoms with Crippen LogP contribution in [-0.4, -0.2) is 62.2 Å². The van der Waals surface area contributed by atoms with E-state index in [0.29, 0.717) is 50.0 Å². The molecule has 210 valence electrons. The summed E-state index contributed by atoms with van der Waals surface area (Å²) < 4.78 is 49.7. The maximum absolute atomic E-state index is 13.1. The third kappa shape index (κ3) is 7.75. The van der Waals surface area contributed by atoms with Crippen LogP contribution >= 0.6 is 0 Å². The number of amides is 1. The topological polar surface area (TPSA) is 66.9 Å². The number of methoxy groups -OCH3 is 2. The minimum Gasteiger partial charge on any atom is -0.493 e. The number of ether oxygens (including phenoxy) is 2. The van der Waals surface area contributed by atoms with Crippen molar-refractivity contribution in [3.8, 4) is 11.5 Å². The smallest absolute Gasteiger partial charge is 0.416 e. The van der Waals surface area contributed by atoms with Gasteiger partial charge in [0.25, 0.3) is 0 Å². The number of halogens is 3. The number of benzene rings is 1. The lowest BCUT2D eigenvalue weighted by atomic mass is 10.1. The molecule has 1 saturated heterocycles. The van der Waals surface area contributed by atoms with Crippen molar-refractivity contribution in [2.24, 2.45) is 5.92 Å². The minimum absolute atomic E-state index is 0.0314. The van der Waals surface area contributed by atoms with Crippen LogP contribution in [0.3, 0.4) is 0 Å². The Balaban J connectivity index is 0.00000127. The molecular formula is C28H39F3N4O3. The Morgan fingerprint density at radius 3 is 2.34 bits per heavy atom. The summed E-state index contributed by atoms with van der Waals surface area (Å²) in [5.41, 5.74) is 0.371. The summed E-state index contributed by atoms with van der Waals surface area (Å²) in [5, 5.41) is 3.54. The molecule has 38 heavy (non-hydrogen) atoms. The number of piperazine rings is 1. The molecule has 1 aliphatic carbocycles. The van der Waals surface area contributed by atoms with E-state index in [-0.39, 0.29) is 17.9 Å². The second kappa shape index (κ2) is 13.7. The molecule has 0 radical (unpaired) electrons. The lowest BCUT2D eigenvalue weighted by Crippen LogP contribution is -2.50. The number of carbonyl (C=O) groups excluding carboxylic acids is 1. The highest BCUT2D eigenvalue weighted by Crippen LogP contribution is 2.32. The molecule has 2 aromatic rings. The fourth-order valence-electron chi connectivity index (χ4n) is 4.83. The molecular weight excluding hydrogens is 497 g/mol. The summed E-state index contributed by atoms with van der Waals surface area (Å²) in [4.78, 5) is 20.8. The molecule has 0 bridgehead atoms. The first kappa shape index (κ1) is 29.5. The van der Waals surface area contributed by atoms with Gasteiger partial charge in [0, 0.05) is 50.9 Å². The molecule has 2 fully saturated rings. The fraction of sp³-hybridized carbons (Fsp3) is 0.571. The number of aromatic nitrogens is 1. The van der Waals surface area contributed by atoms with Crippen molar-refractivity contribution in [2.45, 2.75) is 58.3 Å². The van der Waals surface area contributed by atoms with Crippen molar-refractivity contribution < 1.29 is 27.4 Å². The zero-order valence-electron chi connectivity index (χ0n) is 22.7. The summed E-state index contributed by atoms with van der Waals surface area (Å²) >= 11 is 0. The standard InChI is InChI=1S/C25H31F3N4O3.C3H8/c1-34-21-6-3-17(13-22(21)35-2)16-30-20-5-4-18(14-20)24(33)32-11-9-31(10-12-32)23-15-19(7-8-29-23)25(26,27)28;1-3-2/h3,6-8,13,15,18,20,30H,4-5,9-12,14,16H2,1-2H3;3H2,1-2H3. The highest BCUT2D eigenvalue weighted by Gasteiger charge is 2.35. The van der Waals surface area contributed by atoms with Gasteiger partial charge in [-0.2, -0.15) is 13.2 Å². The van der Waals surface area contributed by atoms with Gasteiger partial charge in [-0.3, -0.25) is 4.79 Å². The predicted octanol–water partition coefficient (Wildman–Crippen LogP) is 5.14. The van der Waals surface area contributed by atoms with Crippen LogP contribution in [-0.2, 0) is 17.5 Å². The van der Waals surface area contributed by atoms with Gasteiger partial charge in [0.05, 0.1) is 19.8 Å². The minimum atomic E-state index is -4.40. The first-order valence-corrected chi connectivity index (χ1v) is 13.2. The number of rotatable bonds is 7. The van der Waals surface area contributed by atoms with E-state index < -0.39 is 11.7 Å². The van der Waals surface area contributed by atoms with Gasteiger partial charge in [-0.15, -0.1) is 0 Å². The SMILES string of the molecule is CCC.COc1ccc(CNC2CCC(C(=O)N3CCN(c4cc(C(F)(F)F)ccn4)CC3)C2)cc1OC. The maximum Gasteiger partial charge on any atom is 0.416 e. The molecule has 10 heteroatoms. The summed E-state index contributed by atoms with van der Waals surface area (Å²) in [6.45, 7) is 6.82. The molecule has 2 atom stereocenters. The molecule has 1 aromatic heterocycles. The summed E-state index contributed by atoms with van der Waals surface area (Å²) in [6, 6.07) is 8.12. The summed E-state index contributed by atoms with van der Waals surface area (Å²) in [7, 11) is 3.21. The summed E-state index contributed by atoms with van der Waals surface area (Å²) in [6.07, 6.45) is 0.572. The van der Waals surface area contributed by atoms with Crippen molar-refractivity contribution in [3.05, 3.63) is 47.7 Å². The van der Waals surface area contributed by atoms with Gasteiger partial charge in [0.1, 0.15) is 5.82 Å². The quantitative estimate of drug-likeness (QED) is 0.529. The zero-order valence-corrected chi connectivity index (χ0v) is 22.7. The Morgan fingerprint density at radius 2 is 1.71 bits per heavy atom. The van der Waals surface area contributed by atoms with Crippen LogP contribution < -0.4 is 19.7 Å². The van der Waals surface area contributed by atoms with E-state index in [2.05, 4.69) is 24.1 Å². The molecule has 1 saturated carbocycles. The number of hydrogen-bond donors (Lipinski definition) is 1. The molecule has 1 N–H and O–H groups in total. The van der Waals surface area contributed by atoms with Gasteiger partial charge in [0.2, 0.25) is 5.91 Å². The second-order valence-corrected chi connectivity index (χ2v) is 9.70. The summed E-state index contributed by atoms with van der Waals surface area (Å²) in [5.74, 6) is 1.78. The van der Waals surface area contributed by atoms with Gasteiger partial charge < -0.3 is 24.6 Å². The highest BCUT2D eigenvalue weighted by atomic mass is 19.4. The van der Waals surface area contributed by atoms with Gasteiger partial charge in [0.15, 0.2) is 11.5 Å². The average molecular weight is 537 g/mol. The molecule has 2 heterocycles. The van der Waals surface area contributed by atoms with Crippen LogP contribution in [0, 0.1) is 5.92 Å². The van der Waals surface area contributed by atoms with Crippen molar-refractivity contribution in [1.82, 2.24) is 15.2 Å². The number of carbonyl (C=O) groups is 1. The van der Waals surface area contributed by atoms with E-state index in [1.807, 2.05) is 23.1 Å². The fourth-order valence-corrected chi connectivity index (χ4v) is 4.83. The van der Waals surface area contributed by atoms with E-state index in [9.17, 15) is 18.0 Å². The van der Waals surface area contributed by atoms with E-state index in [1.54, 1.807) is 19.1 Å². The van der Waals surface area contributed by atoms with Crippen molar-refractivity contribution in [2.75, 3.05) is 45.3 Å². The number of nitrogens with one attached hydrogen (secondary N) is 1. The Hall–Kier alpha value is -3.01. The number of anilines is 1. The van der Waals surface area contributed by atoms with Crippen LogP contribution in [0.1, 0.15) is 50.7 Å². The van der Waals surface area contributed by atoms with Crippen molar-refractivity contribution >= 4 is 11.7 Å². The third-order valence-electron chi connectivity index (χ3n) is 6.81. The van der Waals surface area contributed by atoms with Crippen LogP contribution in [0.25, 0.3) is 0 Å². The maximum atomic E-state index is 13.1. The van der Waals surface area contributed by atoms with Crippen LogP contribution in [0.4, 0.5) is 19.0 Å². The highest BCUT2D eigenvalue weighted by molar-refractivity contribution is 5.79. The largest absolute Gasteiger partial charge is 0.493 e. The molecule has 4 rings (SSSR count). The number of pyridine rings is 1. The van der Waals surface area contributed by atoms with E-state index in [1.165, 1.54) is 12.6 Å².